The van der Waals surface area contributed by atoms with Crippen LogP contribution in [-0.2, 0) is 4.79 Å². The summed E-state index contributed by atoms with van der Waals surface area (Å²) in [6.07, 6.45) is 2.27. The summed E-state index contributed by atoms with van der Waals surface area (Å²) >= 11 is 0. The number of benzene rings is 1. The predicted molar refractivity (Wildman–Crippen MR) is 92.5 cm³/mol. The number of likely N-dealkylation sites (tertiary alicyclic amines) is 1. The molecule has 1 aromatic carbocycles. The van der Waals surface area contributed by atoms with Gasteiger partial charge in [0.25, 0.3) is 0 Å². The van der Waals surface area contributed by atoms with Crippen LogP contribution in [0.2, 0.25) is 0 Å². The van der Waals surface area contributed by atoms with Gasteiger partial charge in [0.1, 0.15) is 6.10 Å². The van der Waals surface area contributed by atoms with Gasteiger partial charge in [0.15, 0.2) is 0 Å². The van der Waals surface area contributed by atoms with Crippen molar-refractivity contribution in [3.63, 3.8) is 0 Å². The molecule has 1 amide bonds. The smallest absolute Gasteiger partial charge is 0.249 e. The minimum atomic E-state index is -0.894. The molecule has 132 valence electrons. The average molecular weight is 332 g/mol. The molecule has 2 atom stereocenters. The molecule has 5 heteroatoms. The summed E-state index contributed by atoms with van der Waals surface area (Å²) in [6, 6.07) is 8.26. The Balaban J connectivity index is 1.44. The molecule has 0 radical (unpaired) electrons. The number of hydrogen-bond donors (Lipinski definition) is 3. The number of nitrogens with zero attached hydrogens (tertiary/aromatic N) is 1. The fourth-order valence-corrected chi connectivity index (χ4v) is 3.32. The molecule has 1 aliphatic carbocycles. The lowest BCUT2D eigenvalue weighted by molar-refractivity contribution is -0.133. The number of aliphatic hydroxyl groups is 2. The van der Waals surface area contributed by atoms with Crippen LogP contribution in [0.3, 0.4) is 0 Å². The summed E-state index contributed by atoms with van der Waals surface area (Å²) in [7, 11) is 0. The normalized spacial score (nSPS) is 22.1. The molecular formula is C19H28N2O3. The summed E-state index contributed by atoms with van der Waals surface area (Å²) in [4.78, 5) is 14.2. The molecule has 1 heterocycles. The molecule has 1 saturated heterocycles. The zero-order valence-corrected chi connectivity index (χ0v) is 14.3. The van der Waals surface area contributed by atoms with Crippen LogP contribution in [0.4, 0.5) is 0 Å². The van der Waals surface area contributed by atoms with Gasteiger partial charge in [-0.2, -0.15) is 0 Å². The largest absolute Gasteiger partial charge is 0.387 e. The summed E-state index contributed by atoms with van der Waals surface area (Å²) in [5, 5.41) is 23.5. The standard InChI is InChI=1S/C19H28N2O3/c1-13-2-4-14(5-3-13)17(22)12-21-10-8-15(9-11-21)18(23)19(24)20-16-6-7-16/h2-5,15-18,22-23H,6-12H2,1H3,(H,20,24)/t17-,18-/m1/s1. The average Bonchev–Trinajstić information content (AvgIpc) is 3.39. The van der Waals surface area contributed by atoms with E-state index >= 15 is 0 Å². The zero-order valence-electron chi connectivity index (χ0n) is 14.3. The van der Waals surface area contributed by atoms with Crippen LogP contribution < -0.4 is 5.32 Å². The Bertz CT molecular complexity index is 548. The topological polar surface area (TPSA) is 72.8 Å². The van der Waals surface area contributed by atoms with Crippen LogP contribution in [0.5, 0.6) is 0 Å². The van der Waals surface area contributed by atoms with Gasteiger partial charge in [-0.1, -0.05) is 29.8 Å². The van der Waals surface area contributed by atoms with E-state index in [1.807, 2.05) is 31.2 Å². The minimum absolute atomic E-state index is 0.0246. The van der Waals surface area contributed by atoms with Crippen molar-refractivity contribution < 1.29 is 15.0 Å². The molecule has 0 aromatic heterocycles. The van der Waals surface area contributed by atoms with Crippen LogP contribution in [0, 0.1) is 12.8 Å². The van der Waals surface area contributed by atoms with Crippen LogP contribution in [0.1, 0.15) is 42.9 Å². The lowest BCUT2D eigenvalue weighted by atomic mass is 9.90. The Hall–Kier alpha value is -1.43. The van der Waals surface area contributed by atoms with E-state index in [0.29, 0.717) is 6.54 Å². The number of carbonyl (C=O) groups excluding carboxylic acids is 1. The van der Waals surface area contributed by atoms with Crippen molar-refractivity contribution in [2.24, 2.45) is 5.92 Å². The van der Waals surface area contributed by atoms with Gasteiger partial charge in [-0.25, -0.2) is 0 Å². The van der Waals surface area contributed by atoms with Gasteiger partial charge in [-0.3, -0.25) is 4.79 Å². The van der Waals surface area contributed by atoms with Gasteiger partial charge >= 0.3 is 0 Å². The molecule has 1 aromatic rings. The van der Waals surface area contributed by atoms with Crippen LogP contribution in [0.25, 0.3) is 0 Å². The van der Waals surface area contributed by atoms with Crippen molar-refractivity contribution in [1.82, 2.24) is 10.2 Å². The van der Waals surface area contributed by atoms with Gasteiger partial charge < -0.3 is 20.4 Å². The van der Waals surface area contributed by atoms with Crippen molar-refractivity contribution >= 4 is 5.91 Å². The SMILES string of the molecule is Cc1ccc([C@H](O)CN2CCC([C@@H](O)C(=O)NC3CC3)CC2)cc1. The second-order valence-electron chi connectivity index (χ2n) is 7.29. The Labute approximate surface area is 143 Å². The van der Waals surface area contributed by atoms with Gasteiger partial charge in [0.2, 0.25) is 5.91 Å². The summed E-state index contributed by atoms with van der Waals surface area (Å²) in [5.74, 6) is -0.188. The highest BCUT2D eigenvalue weighted by Crippen LogP contribution is 2.25. The molecule has 1 aliphatic heterocycles. The van der Waals surface area contributed by atoms with Crippen molar-refractivity contribution in [3.8, 4) is 0 Å². The second kappa shape index (κ2) is 7.64. The molecule has 3 rings (SSSR count). The highest BCUT2D eigenvalue weighted by molar-refractivity contribution is 5.81. The number of carbonyl (C=O) groups is 1. The fraction of sp³-hybridized carbons (Fsp3) is 0.632. The van der Waals surface area contributed by atoms with Crippen molar-refractivity contribution in [2.75, 3.05) is 19.6 Å². The van der Waals surface area contributed by atoms with E-state index in [2.05, 4.69) is 10.2 Å². The van der Waals surface area contributed by atoms with Crippen LogP contribution in [-0.4, -0.2) is 52.8 Å². The maximum absolute atomic E-state index is 11.9. The van der Waals surface area contributed by atoms with E-state index in [9.17, 15) is 15.0 Å². The quantitative estimate of drug-likeness (QED) is 0.736. The number of aryl methyl sites for hydroxylation is 1. The third-order valence-electron chi connectivity index (χ3n) is 5.16. The van der Waals surface area contributed by atoms with Crippen LogP contribution in [0.15, 0.2) is 24.3 Å². The number of amides is 1. The lowest BCUT2D eigenvalue weighted by Crippen LogP contribution is -2.45. The molecule has 0 spiro atoms. The predicted octanol–water partition coefficient (Wildman–Crippen LogP) is 1.38. The first-order valence-corrected chi connectivity index (χ1v) is 8.98. The third-order valence-corrected chi connectivity index (χ3v) is 5.16. The number of hydrogen-bond acceptors (Lipinski definition) is 4. The molecule has 1 saturated carbocycles. The highest BCUT2D eigenvalue weighted by atomic mass is 16.3. The van der Waals surface area contributed by atoms with E-state index in [1.165, 1.54) is 5.56 Å². The molecular weight excluding hydrogens is 304 g/mol. The Morgan fingerprint density at radius 3 is 2.38 bits per heavy atom. The monoisotopic (exact) mass is 332 g/mol. The number of nitrogens with one attached hydrogen (secondary N) is 1. The summed E-state index contributed by atoms with van der Waals surface area (Å²) < 4.78 is 0. The number of β-amino-alcohol motifs (C(OH)–C–C–N with tert-alkyl or cyclic N) is 1. The Morgan fingerprint density at radius 2 is 1.79 bits per heavy atom. The van der Waals surface area contributed by atoms with E-state index < -0.39 is 12.2 Å². The van der Waals surface area contributed by atoms with Gasteiger partial charge in [0, 0.05) is 12.6 Å². The zero-order chi connectivity index (χ0) is 17.1. The van der Waals surface area contributed by atoms with Crippen molar-refractivity contribution in [1.29, 1.82) is 0 Å². The van der Waals surface area contributed by atoms with E-state index in [0.717, 1.165) is 44.3 Å². The molecule has 24 heavy (non-hydrogen) atoms. The Morgan fingerprint density at radius 1 is 1.17 bits per heavy atom. The molecule has 2 fully saturated rings. The first kappa shape index (κ1) is 17.4. The third kappa shape index (κ3) is 4.56. The van der Waals surface area contributed by atoms with Gasteiger partial charge in [0.05, 0.1) is 6.10 Å². The van der Waals surface area contributed by atoms with E-state index in [1.54, 1.807) is 0 Å². The lowest BCUT2D eigenvalue weighted by Gasteiger charge is -2.34. The first-order valence-electron chi connectivity index (χ1n) is 8.98. The first-order chi connectivity index (χ1) is 11.5. The Kier molecular flexibility index (Phi) is 5.54. The fourth-order valence-electron chi connectivity index (χ4n) is 3.32. The summed E-state index contributed by atoms with van der Waals surface area (Å²) in [6.45, 7) is 4.24. The molecule has 3 N–H and O–H groups in total. The maximum atomic E-state index is 11.9. The maximum Gasteiger partial charge on any atom is 0.249 e. The van der Waals surface area contributed by atoms with Gasteiger partial charge in [-0.05, 0) is 57.2 Å². The van der Waals surface area contributed by atoms with Gasteiger partial charge in [-0.15, -0.1) is 0 Å². The molecule has 2 aliphatic rings. The molecule has 0 unspecified atom stereocenters. The van der Waals surface area contributed by atoms with Crippen molar-refractivity contribution in [2.45, 2.75) is 50.9 Å². The van der Waals surface area contributed by atoms with E-state index in [-0.39, 0.29) is 17.9 Å². The molecule has 0 bridgehead atoms. The summed E-state index contributed by atoms with van der Waals surface area (Å²) in [5.41, 5.74) is 2.12. The van der Waals surface area contributed by atoms with Crippen LogP contribution >= 0.6 is 0 Å². The second-order valence-corrected chi connectivity index (χ2v) is 7.29. The number of aliphatic hydroxyl groups excluding tert-OH is 2. The highest BCUT2D eigenvalue weighted by Gasteiger charge is 2.33. The van der Waals surface area contributed by atoms with E-state index in [4.69, 9.17) is 0 Å². The van der Waals surface area contributed by atoms with Crippen molar-refractivity contribution in [3.05, 3.63) is 35.4 Å². The minimum Gasteiger partial charge on any atom is -0.387 e. The number of rotatable bonds is 6. The molecule has 5 nitrogen and oxygen atoms in total. The number of piperidine rings is 1.